The molecule has 0 saturated heterocycles. The Balaban J connectivity index is 1.90. The second kappa shape index (κ2) is 14.5. The van der Waals surface area contributed by atoms with Gasteiger partial charge in [-0.15, -0.1) is 0 Å². The topological polar surface area (TPSA) is 130 Å². The molecule has 1 aliphatic carbocycles. The summed E-state index contributed by atoms with van der Waals surface area (Å²) < 4.78 is 17.1. The van der Waals surface area contributed by atoms with Gasteiger partial charge in [-0.2, -0.15) is 0 Å². The molecule has 41 heavy (non-hydrogen) atoms. The Bertz CT molecular complexity index is 1190. The summed E-state index contributed by atoms with van der Waals surface area (Å²) in [7, 11) is 6.86. The molecule has 4 N–H and O–H groups in total. The second-order valence-corrected chi connectivity index (χ2v) is 11.1. The summed E-state index contributed by atoms with van der Waals surface area (Å²) in [6, 6.07) is 8.53. The highest BCUT2D eigenvalue weighted by Gasteiger charge is 2.36. The normalized spacial score (nSPS) is 15.8. The smallest absolute Gasteiger partial charge is 0.475 e. The lowest BCUT2D eigenvalue weighted by Gasteiger charge is -2.33. The van der Waals surface area contributed by atoms with Crippen LogP contribution in [0.5, 0.6) is 17.2 Å². The van der Waals surface area contributed by atoms with Crippen molar-refractivity contribution >= 4 is 24.6 Å². The van der Waals surface area contributed by atoms with Gasteiger partial charge in [0.05, 0.1) is 33.0 Å². The minimum atomic E-state index is -1.71. The summed E-state index contributed by atoms with van der Waals surface area (Å²) in [5.41, 5.74) is 3.62. The van der Waals surface area contributed by atoms with Crippen LogP contribution in [0.2, 0.25) is 0 Å². The Kier molecular flexibility index (Phi) is 11.3. The molecule has 0 aliphatic heterocycles. The van der Waals surface area contributed by atoms with Crippen LogP contribution in [0, 0.1) is 11.8 Å². The third kappa shape index (κ3) is 7.65. The average Bonchev–Trinajstić information content (AvgIpc) is 2.94. The van der Waals surface area contributed by atoms with Crippen LogP contribution in [0.25, 0.3) is 0 Å². The quantitative estimate of drug-likeness (QED) is 0.270. The Hall–Kier alpha value is -3.44. The molecule has 2 unspecified atom stereocenters. The molecular formula is C30H44BN3O7. The van der Waals surface area contributed by atoms with E-state index in [0.717, 1.165) is 22.4 Å². The number of carbonyl (C=O) groups excluding carboxylic acids is 2. The fourth-order valence-corrected chi connectivity index (χ4v) is 5.60. The predicted molar refractivity (Wildman–Crippen MR) is 160 cm³/mol. The van der Waals surface area contributed by atoms with E-state index in [1.165, 1.54) is 0 Å². The summed E-state index contributed by atoms with van der Waals surface area (Å²) in [5, 5.41) is 25.5. The van der Waals surface area contributed by atoms with Crippen LogP contribution in [-0.2, 0) is 28.9 Å². The molecule has 0 bridgehead atoms. The number of hydrogen-bond acceptors (Lipinski definition) is 8. The molecule has 0 fully saturated rings. The minimum absolute atomic E-state index is 0.130. The van der Waals surface area contributed by atoms with Crippen molar-refractivity contribution in [2.24, 2.45) is 11.8 Å². The third-order valence-corrected chi connectivity index (χ3v) is 7.50. The SMILES string of the molecule is COc1c2c(c(N(C)C)c(OC)c1OC)CC(C(=O)N[C@@H](Cc1ccccc1)C(=O)NC(CC(C)C)B(O)O)CC2. The average molecular weight is 570 g/mol. The Morgan fingerprint density at radius 1 is 0.976 bits per heavy atom. The number of anilines is 1. The Morgan fingerprint density at radius 3 is 2.15 bits per heavy atom. The van der Waals surface area contributed by atoms with Gasteiger partial charge in [-0.3, -0.25) is 9.59 Å². The van der Waals surface area contributed by atoms with Crippen LogP contribution in [0.1, 0.15) is 43.4 Å². The minimum Gasteiger partial charge on any atom is -0.492 e. The Morgan fingerprint density at radius 2 is 1.61 bits per heavy atom. The van der Waals surface area contributed by atoms with Crippen molar-refractivity contribution in [2.45, 2.75) is 57.9 Å². The number of rotatable bonds is 13. The zero-order valence-electron chi connectivity index (χ0n) is 25.2. The van der Waals surface area contributed by atoms with Gasteiger partial charge >= 0.3 is 7.12 Å². The van der Waals surface area contributed by atoms with Gasteiger partial charge in [0.2, 0.25) is 17.6 Å². The van der Waals surface area contributed by atoms with Gasteiger partial charge in [0.15, 0.2) is 11.5 Å². The molecule has 0 radical (unpaired) electrons. The first-order valence-corrected chi connectivity index (χ1v) is 14.0. The second-order valence-electron chi connectivity index (χ2n) is 11.1. The maximum absolute atomic E-state index is 13.7. The van der Waals surface area contributed by atoms with Gasteiger partial charge < -0.3 is 39.8 Å². The number of ether oxygens (including phenoxy) is 3. The van der Waals surface area contributed by atoms with E-state index >= 15 is 0 Å². The molecule has 0 saturated carbocycles. The third-order valence-electron chi connectivity index (χ3n) is 7.50. The largest absolute Gasteiger partial charge is 0.492 e. The predicted octanol–water partition coefficient (Wildman–Crippen LogP) is 2.15. The van der Waals surface area contributed by atoms with Crippen LogP contribution in [0.4, 0.5) is 5.69 Å². The van der Waals surface area contributed by atoms with Crippen molar-refractivity contribution in [1.82, 2.24) is 10.6 Å². The van der Waals surface area contributed by atoms with Crippen molar-refractivity contribution in [3.63, 3.8) is 0 Å². The first kappa shape index (κ1) is 32.1. The molecule has 3 rings (SSSR count). The lowest BCUT2D eigenvalue weighted by molar-refractivity contribution is -0.131. The molecule has 1 aliphatic rings. The molecular weight excluding hydrogens is 525 g/mol. The standard InChI is InChI=1S/C30H44BN3O7/c1-18(2)15-24(31(37)38)33-30(36)23(16-19-11-9-8-10-12-19)32-29(35)20-13-14-21-22(17-20)25(34(3)4)27(40-6)28(41-7)26(21)39-5/h8-12,18,20,23-24,37-38H,13-17H2,1-7H3,(H,32,35)(H,33,36)/t20?,23-,24?/m0/s1. The number of fused-ring (bicyclic) bond motifs is 1. The number of benzene rings is 2. The summed E-state index contributed by atoms with van der Waals surface area (Å²) >= 11 is 0. The lowest BCUT2D eigenvalue weighted by atomic mass is 9.75. The maximum atomic E-state index is 13.7. The van der Waals surface area contributed by atoms with E-state index < -0.39 is 30.9 Å². The Labute approximate surface area is 243 Å². The van der Waals surface area contributed by atoms with Crippen molar-refractivity contribution in [3.8, 4) is 17.2 Å². The fourth-order valence-electron chi connectivity index (χ4n) is 5.60. The highest BCUT2D eigenvalue weighted by atomic mass is 16.5. The monoisotopic (exact) mass is 569 g/mol. The highest BCUT2D eigenvalue weighted by molar-refractivity contribution is 6.43. The molecule has 2 amide bonds. The molecule has 10 nitrogen and oxygen atoms in total. The number of hydrogen-bond donors (Lipinski definition) is 4. The van der Waals surface area contributed by atoms with Gasteiger partial charge in [-0.1, -0.05) is 44.2 Å². The molecule has 2 aromatic carbocycles. The van der Waals surface area contributed by atoms with Crippen molar-refractivity contribution in [2.75, 3.05) is 40.3 Å². The number of methoxy groups -OCH3 is 3. The molecule has 11 heteroatoms. The maximum Gasteiger partial charge on any atom is 0.475 e. The van der Waals surface area contributed by atoms with Gasteiger partial charge in [0.25, 0.3) is 0 Å². The molecule has 3 atom stereocenters. The van der Waals surface area contributed by atoms with Crippen molar-refractivity contribution < 1.29 is 33.8 Å². The van der Waals surface area contributed by atoms with Gasteiger partial charge in [-0.05, 0) is 42.7 Å². The van der Waals surface area contributed by atoms with Crippen LogP contribution in [0.3, 0.4) is 0 Å². The number of carbonyl (C=O) groups is 2. The molecule has 2 aromatic rings. The van der Waals surface area contributed by atoms with Crippen molar-refractivity contribution in [1.29, 1.82) is 0 Å². The lowest BCUT2D eigenvalue weighted by Crippen LogP contribution is -2.55. The van der Waals surface area contributed by atoms with E-state index in [9.17, 15) is 19.6 Å². The molecule has 0 heterocycles. The van der Waals surface area contributed by atoms with Gasteiger partial charge in [-0.25, -0.2) is 0 Å². The summed E-state index contributed by atoms with van der Waals surface area (Å²) in [6.45, 7) is 3.88. The first-order chi connectivity index (χ1) is 19.5. The molecule has 0 spiro atoms. The van der Waals surface area contributed by atoms with Crippen LogP contribution < -0.4 is 29.7 Å². The molecule has 0 aromatic heterocycles. The zero-order valence-corrected chi connectivity index (χ0v) is 25.2. The van der Waals surface area contributed by atoms with Gasteiger partial charge in [0, 0.05) is 32.0 Å². The zero-order chi connectivity index (χ0) is 30.3. The van der Waals surface area contributed by atoms with E-state index in [1.54, 1.807) is 21.3 Å². The summed E-state index contributed by atoms with van der Waals surface area (Å²) in [4.78, 5) is 29.1. The molecule has 224 valence electrons. The van der Waals surface area contributed by atoms with Gasteiger partial charge in [0.1, 0.15) is 6.04 Å². The number of nitrogens with one attached hydrogen (secondary N) is 2. The highest BCUT2D eigenvalue weighted by Crippen LogP contribution is 2.51. The number of amides is 2. The van der Waals surface area contributed by atoms with E-state index in [-0.39, 0.29) is 18.2 Å². The van der Waals surface area contributed by atoms with E-state index in [4.69, 9.17) is 14.2 Å². The first-order valence-electron chi connectivity index (χ1n) is 14.0. The van der Waals surface area contributed by atoms with E-state index in [2.05, 4.69) is 10.6 Å². The van der Waals surface area contributed by atoms with Crippen LogP contribution >= 0.6 is 0 Å². The van der Waals surface area contributed by atoms with Crippen LogP contribution in [0.15, 0.2) is 30.3 Å². The van der Waals surface area contributed by atoms with E-state index in [1.807, 2.05) is 63.2 Å². The van der Waals surface area contributed by atoms with E-state index in [0.29, 0.717) is 42.9 Å². The number of nitrogens with zero attached hydrogens (tertiary/aromatic N) is 1. The van der Waals surface area contributed by atoms with Crippen LogP contribution in [-0.4, -0.2) is 76.4 Å². The summed E-state index contributed by atoms with van der Waals surface area (Å²) in [6.07, 6.45) is 2.22. The van der Waals surface area contributed by atoms with Crippen molar-refractivity contribution in [3.05, 3.63) is 47.0 Å². The summed E-state index contributed by atoms with van der Waals surface area (Å²) in [5.74, 6) is -0.165. The fraction of sp³-hybridized carbons (Fsp3) is 0.533.